The van der Waals surface area contributed by atoms with Crippen LogP contribution in [0.25, 0.3) is 0 Å². The minimum Gasteiger partial charge on any atom is -0.508 e. The minimum absolute atomic E-state index is 0.0763. The summed E-state index contributed by atoms with van der Waals surface area (Å²) in [5.74, 6) is -0.805. The summed E-state index contributed by atoms with van der Waals surface area (Å²) in [6.45, 7) is 2.23. The highest BCUT2D eigenvalue weighted by molar-refractivity contribution is 5.94. The molecule has 4 N–H and O–H groups in total. The van der Waals surface area contributed by atoms with Gasteiger partial charge in [0.15, 0.2) is 0 Å². The van der Waals surface area contributed by atoms with Crippen LogP contribution in [0.1, 0.15) is 19.8 Å². The number of anilines is 1. The van der Waals surface area contributed by atoms with E-state index >= 15 is 0 Å². The number of nitrogens with two attached hydrogens (primary N) is 1. The highest BCUT2D eigenvalue weighted by atomic mass is 16.6. The third-order valence-electron chi connectivity index (χ3n) is 2.72. The Labute approximate surface area is 110 Å². The van der Waals surface area contributed by atoms with E-state index in [9.17, 15) is 20.0 Å². The molecular formula is C12H17N3O4. The summed E-state index contributed by atoms with van der Waals surface area (Å²) in [5.41, 5.74) is 5.10. The van der Waals surface area contributed by atoms with E-state index in [0.29, 0.717) is 19.4 Å². The number of hydrogen-bond donors (Lipinski definition) is 3. The zero-order valence-electron chi connectivity index (χ0n) is 10.6. The van der Waals surface area contributed by atoms with Gasteiger partial charge in [0.25, 0.3) is 5.69 Å². The van der Waals surface area contributed by atoms with Gasteiger partial charge >= 0.3 is 0 Å². The van der Waals surface area contributed by atoms with E-state index in [2.05, 4.69) is 5.32 Å². The fraction of sp³-hybridized carbons (Fsp3) is 0.417. The molecule has 0 aromatic heterocycles. The van der Waals surface area contributed by atoms with Gasteiger partial charge in [0, 0.05) is 5.92 Å². The lowest BCUT2D eigenvalue weighted by molar-refractivity contribution is -0.384. The number of carbonyl (C=O) groups is 1. The van der Waals surface area contributed by atoms with Gasteiger partial charge in [-0.05, 0) is 31.5 Å². The fourth-order valence-electron chi connectivity index (χ4n) is 1.59. The molecule has 0 bridgehead atoms. The molecule has 7 nitrogen and oxygen atoms in total. The van der Waals surface area contributed by atoms with Crippen molar-refractivity contribution < 1.29 is 14.8 Å². The van der Waals surface area contributed by atoms with Crippen LogP contribution in [0.4, 0.5) is 11.4 Å². The molecule has 1 atom stereocenters. The van der Waals surface area contributed by atoms with E-state index in [-0.39, 0.29) is 28.9 Å². The molecule has 104 valence electrons. The van der Waals surface area contributed by atoms with E-state index in [1.165, 1.54) is 12.1 Å². The molecule has 0 aliphatic carbocycles. The molecule has 7 heteroatoms. The van der Waals surface area contributed by atoms with Crippen LogP contribution in [0.5, 0.6) is 5.75 Å². The molecule has 19 heavy (non-hydrogen) atoms. The Morgan fingerprint density at radius 3 is 2.84 bits per heavy atom. The highest BCUT2D eigenvalue weighted by Crippen LogP contribution is 2.28. The van der Waals surface area contributed by atoms with Crippen LogP contribution in [0, 0.1) is 16.0 Å². The van der Waals surface area contributed by atoms with Crippen molar-refractivity contribution in [2.75, 3.05) is 11.9 Å². The van der Waals surface area contributed by atoms with Crippen molar-refractivity contribution in [3.8, 4) is 5.75 Å². The molecule has 0 spiro atoms. The van der Waals surface area contributed by atoms with Crippen LogP contribution in [0.2, 0.25) is 0 Å². The Morgan fingerprint density at radius 1 is 1.58 bits per heavy atom. The number of carbonyl (C=O) groups excluding carboxylic acids is 1. The molecule has 0 radical (unpaired) electrons. The average molecular weight is 267 g/mol. The van der Waals surface area contributed by atoms with Gasteiger partial charge in [0.05, 0.1) is 11.0 Å². The second-order valence-electron chi connectivity index (χ2n) is 4.28. The first-order valence-electron chi connectivity index (χ1n) is 5.94. The average Bonchev–Trinajstić information content (AvgIpc) is 2.37. The molecular weight excluding hydrogens is 250 g/mol. The number of nitrogens with one attached hydrogen (secondary N) is 1. The van der Waals surface area contributed by atoms with E-state index in [0.717, 1.165) is 6.07 Å². The topological polar surface area (TPSA) is 118 Å². The number of phenols is 1. The second-order valence-corrected chi connectivity index (χ2v) is 4.28. The summed E-state index contributed by atoms with van der Waals surface area (Å²) < 4.78 is 0. The molecule has 1 rings (SSSR count). The standard InChI is InChI=1S/C12H17N3O4/c1-8(3-2-6-13)12(17)14-10-5-4-9(16)7-11(10)15(18)19/h4-5,7-8,16H,2-3,6,13H2,1H3,(H,14,17). The Balaban J connectivity index is 2.81. The Hall–Kier alpha value is -2.15. The van der Waals surface area contributed by atoms with E-state index in [4.69, 9.17) is 5.73 Å². The van der Waals surface area contributed by atoms with Crippen LogP contribution in [-0.2, 0) is 4.79 Å². The molecule has 1 amide bonds. The zero-order valence-corrected chi connectivity index (χ0v) is 10.6. The molecule has 1 aromatic rings. The molecule has 0 aliphatic heterocycles. The summed E-state index contributed by atoms with van der Waals surface area (Å²) >= 11 is 0. The maximum atomic E-state index is 11.8. The Bertz CT molecular complexity index is 476. The first-order valence-corrected chi connectivity index (χ1v) is 5.94. The van der Waals surface area contributed by atoms with Crippen molar-refractivity contribution in [2.45, 2.75) is 19.8 Å². The lowest BCUT2D eigenvalue weighted by Gasteiger charge is -2.11. The molecule has 0 saturated heterocycles. The van der Waals surface area contributed by atoms with Gasteiger partial charge < -0.3 is 16.2 Å². The maximum Gasteiger partial charge on any atom is 0.296 e. The third-order valence-corrected chi connectivity index (χ3v) is 2.72. The maximum absolute atomic E-state index is 11.8. The van der Waals surface area contributed by atoms with Crippen molar-refractivity contribution in [2.24, 2.45) is 11.7 Å². The van der Waals surface area contributed by atoms with Gasteiger partial charge in [-0.25, -0.2) is 0 Å². The molecule has 1 aromatic carbocycles. The van der Waals surface area contributed by atoms with Gasteiger partial charge in [-0.3, -0.25) is 14.9 Å². The van der Waals surface area contributed by atoms with Crippen LogP contribution in [-0.4, -0.2) is 22.5 Å². The molecule has 0 saturated carbocycles. The first-order chi connectivity index (χ1) is 8.95. The zero-order chi connectivity index (χ0) is 14.4. The largest absolute Gasteiger partial charge is 0.508 e. The first kappa shape index (κ1) is 14.9. The Kier molecular flexibility index (Phi) is 5.25. The van der Waals surface area contributed by atoms with Crippen molar-refractivity contribution >= 4 is 17.3 Å². The third kappa shape index (κ3) is 4.22. The number of nitro benzene ring substituents is 1. The summed E-state index contributed by atoms with van der Waals surface area (Å²) in [6.07, 6.45) is 1.33. The van der Waals surface area contributed by atoms with Crippen LogP contribution >= 0.6 is 0 Å². The lowest BCUT2D eigenvalue weighted by Crippen LogP contribution is -2.21. The fourth-order valence-corrected chi connectivity index (χ4v) is 1.59. The highest BCUT2D eigenvalue weighted by Gasteiger charge is 2.19. The number of nitro groups is 1. The predicted octanol–water partition coefficient (Wildman–Crippen LogP) is 1.61. The van der Waals surface area contributed by atoms with Crippen LogP contribution in [0.15, 0.2) is 18.2 Å². The van der Waals surface area contributed by atoms with Crippen molar-refractivity contribution in [1.82, 2.24) is 0 Å². The van der Waals surface area contributed by atoms with Crippen molar-refractivity contribution in [3.63, 3.8) is 0 Å². The van der Waals surface area contributed by atoms with Gasteiger partial charge in [0.1, 0.15) is 11.4 Å². The molecule has 0 heterocycles. The van der Waals surface area contributed by atoms with E-state index in [1.54, 1.807) is 6.92 Å². The number of nitrogens with zero attached hydrogens (tertiary/aromatic N) is 1. The van der Waals surface area contributed by atoms with Gasteiger partial charge in [-0.15, -0.1) is 0 Å². The minimum atomic E-state index is -0.653. The van der Waals surface area contributed by atoms with Crippen LogP contribution in [0.3, 0.4) is 0 Å². The summed E-state index contributed by atoms with van der Waals surface area (Å²) in [7, 11) is 0. The smallest absolute Gasteiger partial charge is 0.296 e. The molecule has 0 aliphatic rings. The molecule has 1 unspecified atom stereocenters. The normalized spacial score (nSPS) is 11.9. The number of hydrogen-bond acceptors (Lipinski definition) is 5. The van der Waals surface area contributed by atoms with Gasteiger partial charge in [-0.1, -0.05) is 6.92 Å². The summed E-state index contributed by atoms with van der Waals surface area (Å²) in [4.78, 5) is 22.0. The quantitative estimate of drug-likeness (QED) is 0.411. The number of amides is 1. The monoisotopic (exact) mass is 267 g/mol. The number of benzene rings is 1. The predicted molar refractivity (Wildman–Crippen MR) is 70.8 cm³/mol. The lowest BCUT2D eigenvalue weighted by atomic mass is 10.0. The molecule has 0 fully saturated rings. The van der Waals surface area contributed by atoms with Crippen LogP contribution < -0.4 is 11.1 Å². The number of phenolic OH excluding ortho intramolecular Hbond substituents is 1. The number of aromatic hydroxyl groups is 1. The SMILES string of the molecule is CC(CCCN)C(=O)Nc1ccc(O)cc1[N+](=O)[O-]. The Morgan fingerprint density at radius 2 is 2.26 bits per heavy atom. The summed E-state index contributed by atoms with van der Waals surface area (Å²) in [5, 5.41) is 22.5. The second kappa shape index (κ2) is 6.69. The van der Waals surface area contributed by atoms with Gasteiger partial charge in [0.2, 0.25) is 5.91 Å². The van der Waals surface area contributed by atoms with E-state index < -0.39 is 4.92 Å². The van der Waals surface area contributed by atoms with Crippen molar-refractivity contribution in [1.29, 1.82) is 0 Å². The van der Waals surface area contributed by atoms with Crippen molar-refractivity contribution in [3.05, 3.63) is 28.3 Å². The van der Waals surface area contributed by atoms with E-state index in [1.807, 2.05) is 0 Å². The van der Waals surface area contributed by atoms with Gasteiger partial charge in [-0.2, -0.15) is 0 Å². The number of rotatable bonds is 6. The summed E-state index contributed by atoms with van der Waals surface area (Å²) in [6, 6.07) is 3.59.